The van der Waals surface area contributed by atoms with Gasteiger partial charge in [-0.15, -0.1) is 11.8 Å². The van der Waals surface area contributed by atoms with Gasteiger partial charge >= 0.3 is 0 Å². The quantitative estimate of drug-likeness (QED) is 0.797. The molecule has 0 saturated carbocycles. The average molecular weight is 308 g/mol. The second-order valence-electron chi connectivity index (χ2n) is 4.87. The molecule has 1 aliphatic rings. The highest BCUT2D eigenvalue weighted by Crippen LogP contribution is 2.31. The predicted molar refractivity (Wildman–Crippen MR) is 79.0 cm³/mol. The molecule has 0 radical (unpaired) electrons. The Morgan fingerprint density at radius 3 is 2.71 bits per heavy atom. The summed E-state index contributed by atoms with van der Waals surface area (Å²) in [7, 11) is 0. The van der Waals surface area contributed by atoms with Crippen molar-refractivity contribution in [2.24, 2.45) is 0 Å². The molecular weight excluding hydrogens is 292 g/mol. The molecule has 6 heteroatoms. The molecule has 1 fully saturated rings. The standard InChI is InChI=1S/C15H16O5S/c16-11-8-21-15(14(18)13(11)17)20-10-4-1-3-9(7-10)12-5-2-6-19-12/h1-7,11,13-18H,8H2/t11-,13+,14-,15+/m1/s1. The van der Waals surface area contributed by atoms with Gasteiger partial charge < -0.3 is 24.5 Å². The van der Waals surface area contributed by atoms with E-state index in [0.717, 1.165) is 11.3 Å². The molecule has 2 heterocycles. The van der Waals surface area contributed by atoms with Crippen LogP contribution >= 0.6 is 11.8 Å². The van der Waals surface area contributed by atoms with Gasteiger partial charge in [-0.3, -0.25) is 0 Å². The fourth-order valence-corrected chi connectivity index (χ4v) is 3.30. The van der Waals surface area contributed by atoms with E-state index >= 15 is 0 Å². The van der Waals surface area contributed by atoms with Gasteiger partial charge in [-0.05, 0) is 24.3 Å². The van der Waals surface area contributed by atoms with Crippen LogP contribution in [0, 0.1) is 0 Å². The molecule has 3 rings (SSSR count). The maximum absolute atomic E-state index is 9.95. The van der Waals surface area contributed by atoms with E-state index in [0.29, 0.717) is 11.5 Å². The summed E-state index contributed by atoms with van der Waals surface area (Å²) < 4.78 is 11.1. The summed E-state index contributed by atoms with van der Waals surface area (Å²) in [6, 6.07) is 11.0. The first-order chi connectivity index (χ1) is 10.1. The van der Waals surface area contributed by atoms with Crippen molar-refractivity contribution in [2.75, 3.05) is 5.75 Å². The van der Waals surface area contributed by atoms with Crippen LogP contribution in [0.25, 0.3) is 11.3 Å². The van der Waals surface area contributed by atoms with Crippen molar-refractivity contribution in [3.63, 3.8) is 0 Å². The normalized spacial score (nSPS) is 29.3. The number of hydrogen-bond acceptors (Lipinski definition) is 6. The Morgan fingerprint density at radius 2 is 1.95 bits per heavy atom. The molecule has 112 valence electrons. The van der Waals surface area contributed by atoms with Gasteiger partial charge in [0.05, 0.1) is 12.4 Å². The van der Waals surface area contributed by atoms with Crippen molar-refractivity contribution < 1.29 is 24.5 Å². The van der Waals surface area contributed by atoms with Crippen molar-refractivity contribution in [1.29, 1.82) is 0 Å². The molecule has 0 aliphatic carbocycles. The van der Waals surface area contributed by atoms with Gasteiger partial charge in [0.1, 0.15) is 23.7 Å². The molecule has 0 unspecified atom stereocenters. The largest absolute Gasteiger partial charge is 0.477 e. The number of benzene rings is 1. The molecule has 3 N–H and O–H groups in total. The van der Waals surface area contributed by atoms with Crippen LogP contribution in [0.1, 0.15) is 0 Å². The van der Waals surface area contributed by atoms with Gasteiger partial charge in [-0.1, -0.05) is 12.1 Å². The maximum Gasteiger partial charge on any atom is 0.173 e. The van der Waals surface area contributed by atoms with E-state index in [4.69, 9.17) is 9.15 Å². The first kappa shape index (κ1) is 14.5. The zero-order valence-electron chi connectivity index (χ0n) is 11.1. The highest BCUT2D eigenvalue weighted by Gasteiger charge is 2.38. The van der Waals surface area contributed by atoms with E-state index in [1.165, 1.54) is 11.8 Å². The lowest BCUT2D eigenvalue weighted by Crippen LogP contribution is -2.50. The van der Waals surface area contributed by atoms with E-state index in [-0.39, 0.29) is 0 Å². The smallest absolute Gasteiger partial charge is 0.173 e. The van der Waals surface area contributed by atoms with Crippen LogP contribution in [0.5, 0.6) is 5.75 Å². The van der Waals surface area contributed by atoms with Gasteiger partial charge in [0.15, 0.2) is 5.44 Å². The van der Waals surface area contributed by atoms with Gasteiger partial charge in [0.2, 0.25) is 0 Å². The van der Waals surface area contributed by atoms with Crippen molar-refractivity contribution in [3.05, 3.63) is 42.7 Å². The summed E-state index contributed by atoms with van der Waals surface area (Å²) in [5.74, 6) is 1.62. The van der Waals surface area contributed by atoms with E-state index < -0.39 is 23.7 Å². The van der Waals surface area contributed by atoms with Crippen LogP contribution in [-0.4, -0.2) is 44.8 Å². The van der Waals surface area contributed by atoms with Gasteiger partial charge in [0, 0.05) is 11.3 Å². The molecule has 1 saturated heterocycles. The third-order valence-electron chi connectivity index (χ3n) is 3.35. The topological polar surface area (TPSA) is 83.1 Å². The highest BCUT2D eigenvalue weighted by molar-refractivity contribution is 7.99. The Hall–Kier alpha value is -1.47. The lowest BCUT2D eigenvalue weighted by atomic mass is 10.1. The molecule has 0 bridgehead atoms. The molecule has 1 aliphatic heterocycles. The molecule has 2 aromatic rings. The Morgan fingerprint density at radius 1 is 1.10 bits per heavy atom. The molecule has 1 aromatic heterocycles. The first-order valence-electron chi connectivity index (χ1n) is 6.61. The number of aliphatic hydroxyl groups is 3. The fraction of sp³-hybridized carbons (Fsp3) is 0.333. The summed E-state index contributed by atoms with van der Waals surface area (Å²) in [5, 5.41) is 29.1. The zero-order valence-corrected chi connectivity index (χ0v) is 11.9. The number of furan rings is 1. The maximum atomic E-state index is 9.95. The summed E-state index contributed by atoms with van der Waals surface area (Å²) >= 11 is 1.28. The molecule has 21 heavy (non-hydrogen) atoms. The Bertz CT molecular complexity index is 586. The third kappa shape index (κ3) is 3.08. The summed E-state index contributed by atoms with van der Waals surface area (Å²) in [6.45, 7) is 0. The molecule has 4 atom stereocenters. The number of hydrogen-bond donors (Lipinski definition) is 3. The number of rotatable bonds is 3. The van der Waals surface area contributed by atoms with Crippen LogP contribution < -0.4 is 4.74 Å². The van der Waals surface area contributed by atoms with Crippen LogP contribution in [-0.2, 0) is 0 Å². The average Bonchev–Trinajstić information content (AvgIpc) is 3.03. The van der Waals surface area contributed by atoms with Crippen molar-refractivity contribution in [1.82, 2.24) is 0 Å². The van der Waals surface area contributed by atoms with Crippen molar-refractivity contribution in [2.45, 2.75) is 23.7 Å². The minimum absolute atomic E-state index is 0.320. The Balaban J connectivity index is 1.75. The minimum Gasteiger partial charge on any atom is -0.477 e. The summed E-state index contributed by atoms with van der Waals surface area (Å²) in [5.41, 5.74) is 0.253. The first-order valence-corrected chi connectivity index (χ1v) is 7.66. The van der Waals surface area contributed by atoms with E-state index in [1.807, 2.05) is 24.3 Å². The summed E-state index contributed by atoms with van der Waals surface area (Å²) in [4.78, 5) is 0. The van der Waals surface area contributed by atoms with Gasteiger partial charge in [-0.2, -0.15) is 0 Å². The van der Waals surface area contributed by atoms with Crippen molar-refractivity contribution in [3.8, 4) is 17.1 Å². The van der Waals surface area contributed by atoms with Gasteiger partial charge in [0.25, 0.3) is 0 Å². The Kier molecular flexibility index (Phi) is 4.21. The summed E-state index contributed by atoms with van der Waals surface area (Å²) in [6.07, 6.45) is -1.66. The molecule has 0 amide bonds. The Labute approximate surface area is 126 Å². The molecule has 5 nitrogen and oxygen atoms in total. The van der Waals surface area contributed by atoms with E-state index in [2.05, 4.69) is 0 Å². The lowest BCUT2D eigenvalue weighted by molar-refractivity contribution is -0.0786. The van der Waals surface area contributed by atoms with Crippen molar-refractivity contribution >= 4 is 11.8 Å². The lowest BCUT2D eigenvalue weighted by Gasteiger charge is -2.34. The van der Waals surface area contributed by atoms with Crippen LogP contribution in [0.3, 0.4) is 0 Å². The second-order valence-corrected chi connectivity index (χ2v) is 6.00. The van der Waals surface area contributed by atoms with E-state index in [1.54, 1.807) is 18.4 Å². The molecular formula is C15H16O5S. The van der Waals surface area contributed by atoms with Crippen LogP contribution in [0.15, 0.2) is 47.1 Å². The molecule has 1 aromatic carbocycles. The second kappa shape index (κ2) is 6.11. The van der Waals surface area contributed by atoms with E-state index in [9.17, 15) is 15.3 Å². The number of aliphatic hydroxyl groups excluding tert-OH is 3. The minimum atomic E-state index is -1.19. The highest BCUT2D eigenvalue weighted by atomic mass is 32.2. The molecule has 0 spiro atoms. The fourth-order valence-electron chi connectivity index (χ4n) is 2.18. The number of thioether (sulfide) groups is 1. The van der Waals surface area contributed by atoms with Crippen LogP contribution in [0.2, 0.25) is 0 Å². The monoisotopic (exact) mass is 308 g/mol. The predicted octanol–water partition coefficient (Wildman–Crippen LogP) is 1.48. The third-order valence-corrected chi connectivity index (χ3v) is 4.58. The zero-order chi connectivity index (χ0) is 14.8. The number of ether oxygens (including phenoxy) is 1. The van der Waals surface area contributed by atoms with Gasteiger partial charge in [-0.25, -0.2) is 0 Å². The van der Waals surface area contributed by atoms with Crippen LogP contribution in [0.4, 0.5) is 0 Å². The SMILES string of the molecule is O[C@@H]1[C@@H](O)[C@@H](Oc2cccc(-c3ccco3)c2)SC[C@H]1O.